The van der Waals surface area contributed by atoms with Gasteiger partial charge in [-0.15, -0.1) is 0 Å². The summed E-state index contributed by atoms with van der Waals surface area (Å²) in [5, 5.41) is 12.5. The summed E-state index contributed by atoms with van der Waals surface area (Å²) in [5.41, 5.74) is 7.26. The molecule has 0 aliphatic carbocycles. The fraction of sp³-hybridized carbons (Fsp3) is 0.0417. The zero-order valence-corrected chi connectivity index (χ0v) is 17.0. The highest BCUT2D eigenvalue weighted by Gasteiger charge is 2.23. The summed E-state index contributed by atoms with van der Waals surface area (Å²) in [7, 11) is 1.49. The molecule has 1 radical (unpaired) electrons. The van der Waals surface area contributed by atoms with E-state index in [0.717, 1.165) is 0 Å². The number of nitrogens with one attached hydrogen (secondary N) is 1. The Labute approximate surface area is 183 Å². The van der Waals surface area contributed by atoms with Crippen LogP contribution in [0.4, 0.5) is 14.9 Å². The van der Waals surface area contributed by atoms with Crippen LogP contribution in [0.1, 0.15) is 11.1 Å². The third-order valence-electron chi connectivity index (χ3n) is 4.79. The number of benzene rings is 3. The molecule has 0 spiro atoms. The van der Waals surface area contributed by atoms with Crippen LogP contribution < -0.4 is 20.5 Å². The van der Waals surface area contributed by atoms with Crippen molar-refractivity contribution in [1.82, 2.24) is 10.3 Å². The minimum Gasteiger partial charge on any atom is -0.496 e. The van der Waals surface area contributed by atoms with Crippen LogP contribution >= 0.6 is 0 Å². The van der Waals surface area contributed by atoms with Gasteiger partial charge in [-0.2, -0.15) is 0 Å². The fourth-order valence-electron chi connectivity index (χ4n) is 3.31. The molecular weight excluding hydrogens is 413 g/mol. The number of amides is 1. The molecule has 0 fully saturated rings. The Morgan fingerprint density at radius 2 is 1.84 bits per heavy atom. The van der Waals surface area contributed by atoms with Crippen LogP contribution in [0.5, 0.6) is 17.2 Å². The van der Waals surface area contributed by atoms with Crippen LogP contribution in [0, 0.1) is 11.9 Å². The lowest BCUT2D eigenvalue weighted by Gasteiger charge is -2.20. The Bertz CT molecular complexity index is 1280. The van der Waals surface area contributed by atoms with E-state index in [4.69, 9.17) is 15.2 Å². The van der Waals surface area contributed by atoms with E-state index in [9.17, 15) is 14.3 Å². The molecule has 0 aliphatic rings. The first kappa shape index (κ1) is 20.9. The smallest absolute Gasteiger partial charge is 0.405 e. The van der Waals surface area contributed by atoms with Crippen LogP contribution in [0.25, 0.3) is 10.9 Å². The summed E-state index contributed by atoms with van der Waals surface area (Å²) in [6.45, 7) is 0. The standard InChI is InChI=1S/C24H19FN3O4/c1-31-22-13-20-16(12-17(22)23(28-24(29)30)14-5-3-2-4-6-14)21(9-10-27-20)32-15-7-8-19(26)18(25)11-15/h2-13,28H,26H2,1H3,(H,29,30). The minimum absolute atomic E-state index is 0.0193. The molecule has 0 bridgehead atoms. The summed E-state index contributed by atoms with van der Waals surface area (Å²) in [6.07, 6.45) is 0.341. The average Bonchev–Trinajstić information content (AvgIpc) is 2.80. The number of halogens is 1. The highest BCUT2D eigenvalue weighted by molar-refractivity contribution is 5.89. The summed E-state index contributed by atoms with van der Waals surface area (Å²) in [6, 6.07) is 18.6. The number of pyridine rings is 1. The van der Waals surface area contributed by atoms with Gasteiger partial charge in [-0.25, -0.2) is 9.18 Å². The van der Waals surface area contributed by atoms with Gasteiger partial charge in [-0.3, -0.25) is 4.98 Å². The van der Waals surface area contributed by atoms with Crippen molar-refractivity contribution in [3.05, 3.63) is 95.9 Å². The summed E-state index contributed by atoms with van der Waals surface area (Å²) in [5.74, 6) is 0.505. The molecule has 161 valence electrons. The molecule has 3 aromatic carbocycles. The first-order valence-corrected chi connectivity index (χ1v) is 9.58. The topological polar surface area (TPSA) is 107 Å². The molecule has 0 saturated carbocycles. The fourth-order valence-corrected chi connectivity index (χ4v) is 3.31. The molecule has 4 N–H and O–H groups in total. The van der Waals surface area contributed by atoms with Crippen molar-refractivity contribution >= 4 is 22.7 Å². The van der Waals surface area contributed by atoms with E-state index in [1.165, 1.54) is 19.2 Å². The van der Waals surface area contributed by atoms with Gasteiger partial charge in [0.1, 0.15) is 29.1 Å². The number of hydrogen-bond donors (Lipinski definition) is 3. The number of methoxy groups -OCH3 is 1. The number of ether oxygens (including phenoxy) is 2. The summed E-state index contributed by atoms with van der Waals surface area (Å²) >= 11 is 0. The molecule has 7 nitrogen and oxygen atoms in total. The number of hydrogen-bond acceptors (Lipinski definition) is 5. The van der Waals surface area contributed by atoms with E-state index in [1.54, 1.807) is 54.7 Å². The molecule has 4 rings (SSSR count). The van der Waals surface area contributed by atoms with Crippen molar-refractivity contribution in [1.29, 1.82) is 0 Å². The van der Waals surface area contributed by atoms with E-state index in [0.29, 0.717) is 39.6 Å². The van der Waals surface area contributed by atoms with Gasteiger partial charge in [0.05, 0.1) is 18.3 Å². The van der Waals surface area contributed by atoms with Gasteiger partial charge < -0.3 is 25.6 Å². The molecule has 4 aromatic rings. The highest BCUT2D eigenvalue weighted by atomic mass is 19.1. The number of fused-ring (bicyclic) bond motifs is 1. The molecule has 32 heavy (non-hydrogen) atoms. The van der Waals surface area contributed by atoms with E-state index in [2.05, 4.69) is 10.3 Å². The van der Waals surface area contributed by atoms with E-state index < -0.39 is 11.9 Å². The largest absolute Gasteiger partial charge is 0.496 e. The summed E-state index contributed by atoms with van der Waals surface area (Å²) in [4.78, 5) is 15.9. The van der Waals surface area contributed by atoms with Crippen LogP contribution in [0.3, 0.4) is 0 Å². The van der Waals surface area contributed by atoms with E-state index in [1.807, 2.05) is 6.07 Å². The molecular formula is C24H19FN3O4. The molecule has 1 aromatic heterocycles. The Morgan fingerprint density at radius 1 is 1.06 bits per heavy atom. The number of nitrogen functional groups attached to an aromatic ring is 1. The van der Waals surface area contributed by atoms with Crippen LogP contribution in [0.2, 0.25) is 0 Å². The lowest BCUT2D eigenvalue weighted by Crippen LogP contribution is -2.28. The number of carboxylic acid groups (broad SMARTS) is 1. The SMILES string of the molecule is COc1cc2nccc(Oc3ccc(N)c(F)c3)c2cc1[C](NC(=O)O)c1ccccc1. The maximum atomic E-state index is 13.9. The lowest BCUT2D eigenvalue weighted by molar-refractivity contribution is 0.196. The van der Waals surface area contributed by atoms with Gasteiger partial charge in [0.2, 0.25) is 0 Å². The maximum absolute atomic E-state index is 13.9. The number of rotatable bonds is 6. The van der Waals surface area contributed by atoms with Gasteiger partial charge in [-0.1, -0.05) is 30.3 Å². The zero-order chi connectivity index (χ0) is 22.7. The maximum Gasteiger partial charge on any atom is 0.405 e. The molecule has 0 aliphatic heterocycles. The van der Waals surface area contributed by atoms with Crippen LogP contribution in [-0.4, -0.2) is 23.3 Å². The van der Waals surface area contributed by atoms with Gasteiger partial charge >= 0.3 is 6.09 Å². The second-order valence-corrected chi connectivity index (χ2v) is 6.84. The Balaban J connectivity index is 1.86. The van der Waals surface area contributed by atoms with Crippen molar-refractivity contribution in [2.45, 2.75) is 0 Å². The molecule has 0 atom stereocenters. The van der Waals surface area contributed by atoms with Crippen molar-refractivity contribution in [2.24, 2.45) is 0 Å². The van der Waals surface area contributed by atoms with E-state index in [-0.39, 0.29) is 11.4 Å². The van der Waals surface area contributed by atoms with Crippen molar-refractivity contribution in [2.75, 3.05) is 12.8 Å². The van der Waals surface area contributed by atoms with E-state index >= 15 is 0 Å². The van der Waals surface area contributed by atoms with Crippen molar-refractivity contribution in [3.63, 3.8) is 0 Å². The molecule has 1 amide bonds. The predicted octanol–water partition coefficient (Wildman–Crippen LogP) is 4.95. The number of nitrogens with zero attached hydrogens (tertiary/aromatic N) is 1. The molecule has 8 heteroatoms. The second-order valence-electron chi connectivity index (χ2n) is 6.84. The Hall–Kier alpha value is -4.33. The van der Waals surface area contributed by atoms with Gasteiger partial charge in [-0.05, 0) is 29.8 Å². The Morgan fingerprint density at radius 3 is 2.53 bits per heavy atom. The number of anilines is 1. The third-order valence-corrected chi connectivity index (χ3v) is 4.79. The molecule has 0 unspecified atom stereocenters. The predicted molar refractivity (Wildman–Crippen MR) is 118 cm³/mol. The lowest BCUT2D eigenvalue weighted by atomic mass is 9.96. The highest BCUT2D eigenvalue weighted by Crippen LogP contribution is 2.37. The summed E-state index contributed by atoms with van der Waals surface area (Å²) < 4.78 is 25.3. The monoisotopic (exact) mass is 432 g/mol. The normalized spacial score (nSPS) is 10.8. The van der Waals surface area contributed by atoms with Crippen molar-refractivity contribution in [3.8, 4) is 17.2 Å². The molecule has 1 heterocycles. The van der Waals surface area contributed by atoms with Gasteiger partial charge in [0.25, 0.3) is 0 Å². The quantitative estimate of drug-likeness (QED) is 0.372. The number of carbonyl (C=O) groups is 1. The average molecular weight is 432 g/mol. The third kappa shape index (κ3) is 4.24. The second kappa shape index (κ2) is 8.81. The first-order chi connectivity index (χ1) is 15.5. The van der Waals surface area contributed by atoms with Crippen LogP contribution in [0.15, 0.2) is 72.9 Å². The minimum atomic E-state index is -1.22. The molecule has 0 saturated heterocycles. The van der Waals surface area contributed by atoms with Gasteiger partial charge in [0, 0.05) is 29.3 Å². The Kier molecular flexibility index (Phi) is 5.76. The number of aromatic nitrogens is 1. The van der Waals surface area contributed by atoms with Gasteiger partial charge in [0.15, 0.2) is 0 Å². The van der Waals surface area contributed by atoms with Crippen LogP contribution in [-0.2, 0) is 0 Å². The zero-order valence-electron chi connectivity index (χ0n) is 17.0. The first-order valence-electron chi connectivity index (χ1n) is 9.58. The van der Waals surface area contributed by atoms with Crippen molar-refractivity contribution < 1.29 is 23.8 Å². The number of nitrogens with two attached hydrogens (primary N) is 1.